The molecule has 11 heteroatoms. The van der Waals surface area contributed by atoms with Crippen LogP contribution in [0.5, 0.6) is 0 Å². The van der Waals surface area contributed by atoms with Gasteiger partial charge in [-0.25, -0.2) is 0 Å². The van der Waals surface area contributed by atoms with E-state index in [9.17, 15) is 28.8 Å². The quantitative estimate of drug-likeness (QED) is 0.279. The fraction of sp³-hybridized carbons (Fsp3) is 0.543. The highest BCUT2D eigenvalue weighted by Crippen LogP contribution is 2.65. The van der Waals surface area contributed by atoms with Crippen LogP contribution >= 0.6 is 0 Å². The van der Waals surface area contributed by atoms with Crippen LogP contribution in [-0.4, -0.2) is 53.1 Å². The number of nitrogens with zero attached hydrogens (tertiary/aromatic N) is 1. The standard InChI is InChI=1S/C35H43N5O6/c1-35-17-20-14-24(18-35)30(25(35)15-20)39-29(42)19-40-13-5-8-27(34(40)46)38-32(44)26(11-12-28(41)33(45)36-2)37-31(43)23-10-9-21-6-3-4-7-22(21)16-23/h3-8,13,20,23-26,30H,9-12,14-19H2,1-2H3,(H,36,45)(H,37,43)(H,38,44)(H,39,42). The van der Waals surface area contributed by atoms with Crippen LogP contribution in [0.4, 0.5) is 5.69 Å². The molecule has 0 radical (unpaired) electrons. The van der Waals surface area contributed by atoms with Crippen molar-refractivity contribution in [2.75, 3.05) is 12.4 Å². The van der Waals surface area contributed by atoms with Crippen LogP contribution in [-0.2, 0) is 43.4 Å². The Kier molecular flexibility index (Phi) is 8.85. The van der Waals surface area contributed by atoms with E-state index in [1.807, 2.05) is 24.3 Å². The fourth-order valence-electron chi connectivity index (χ4n) is 8.83. The van der Waals surface area contributed by atoms with Crippen molar-refractivity contribution in [1.29, 1.82) is 0 Å². The third-order valence-electron chi connectivity index (χ3n) is 11.0. The minimum atomic E-state index is -1.16. The van der Waals surface area contributed by atoms with E-state index in [1.165, 1.54) is 35.9 Å². The first-order chi connectivity index (χ1) is 22.0. The molecule has 4 bridgehead atoms. The van der Waals surface area contributed by atoms with Gasteiger partial charge in [-0.2, -0.15) is 0 Å². The number of aromatic nitrogens is 1. The molecule has 1 aromatic carbocycles. The van der Waals surface area contributed by atoms with Gasteiger partial charge < -0.3 is 25.8 Å². The van der Waals surface area contributed by atoms with Crippen molar-refractivity contribution in [3.8, 4) is 0 Å². The summed E-state index contributed by atoms with van der Waals surface area (Å²) < 4.78 is 1.26. The molecular formula is C35H43N5O6. The van der Waals surface area contributed by atoms with Gasteiger partial charge in [0.2, 0.25) is 23.5 Å². The molecule has 5 aliphatic carbocycles. The van der Waals surface area contributed by atoms with Crippen molar-refractivity contribution in [2.45, 2.75) is 83.3 Å². The van der Waals surface area contributed by atoms with Gasteiger partial charge in [0, 0.05) is 31.6 Å². The number of amides is 4. The van der Waals surface area contributed by atoms with Crippen LogP contribution in [0.3, 0.4) is 0 Å². The first kappa shape index (κ1) is 31.7. The lowest BCUT2D eigenvalue weighted by atomic mass is 9.77. The number of aryl methyl sites for hydroxylation is 1. The third-order valence-corrected chi connectivity index (χ3v) is 11.0. The minimum absolute atomic E-state index is 0.0464. The molecule has 7 atom stereocenters. The van der Waals surface area contributed by atoms with Crippen molar-refractivity contribution in [3.05, 3.63) is 64.1 Å². The summed E-state index contributed by atoms with van der Waals surface area (Å²) in [7, 11) is 1.34. The molecule has 7 unspecified atom stereocenters. The number of anilines is 1. The summed E-state index contributed by atoms with van der Waals surface area (Å²) in [5.41, 5.74) is 1.98. The molecule has 0 spiro atoms. The summed E-state index contributed by atoms with van der Waals surface area (Å²) in [6, 6.07) is 9.92. The Morgan fingerprint density at radius 2 is 1.80 bits per heavy atom. The molecule has 4 fully saturated rings. The monoisotopic (exact) mass is 629 g/mol. The number of benzene rings is 1. The number of likely N-dealkylation sites (N-methyl/N-ethyl adjacent to an activating group) is 1. The fourth-order valence-corrected chi connectivity index (χ4v) is 8.83. The van der Waals surface area contributed by atoms with Gasteiger partial charge in [0.1, 0.15) is 18.3 Å². The Labute approximate surface area is 268 Å². The maximum absolute atomic E-state index is 13.5. The van der Waals surface area contributed by atoms with Crippen molar-refractivity contribution in [3.63, 3.8) is 0 Å². The first-order valence-electron chi connectivity index (χ1n) is 16.5. The number of rotatable bonds is 11. The maximum Gasteiger partial charge on any atom is 0.287 e. The molecule has 1 heterocycles. The molecule has 4 N–H and O–H groups in total. The molecule has 0 saturated heterocycles. The van der Waals surface area contributed by atoms with E-state index in [4.69, 9.17) is 0 Å². The predicted octanol–water partition coefficient (Wildman–Crippen LogP) is 2.11. The van der Waals surface area contributed by atoms with Crippen LogP contribution in [0, 0.1) is 29.1 Å². The van der Waals surface area contributed by atoms with E-state index < -0.39 is 29.2 Å². The van der Waals surface area contributed by atoms with Gasteiger partial charge >= 0.3 is 0 Å². The number of carbonyl (C=O) groups excluding carboxylic acids is 5. The predicted molar refractivity (Wildman–Crippen MR) is 171 cm³/mol. The molecule has 5 aliphatic rings. The molecular weight excluding hydrogens is 586 g/mol. The van der Waals surface area contributed by atoms with E-state index in [-0.39, 0.29) is 48.8 Å². The lowest BCUT2D eigenvalue weighted by Gasteiger charge is -2.32. The molecule has 0 aliphatic heterocycles. The summed E-state index contributed by atoms with van der Waals surface area (Å²) in [6.07, 6.45) is 7.67. The normalized spacial score (nSPS) is 27.7. The van der Waals surface area contributed by atoms with Crippen LogP contribution in [0.15, 0.2) is 47.4 Å². The van der Waals surface area contributed by atoms with E-state index >= 15 is 0 Å². The van der Waals surface area contributed by atoms with Gasteiger partial charge in [-0.15, -0.1) is 0 Å². The molecule has 4 saturated carbocycles. The highest BCUT2D eigenvalue weighted by atomic mass is 16.2. The summed E-state index contributed by atoms with van der Waals surface area (Å²) >= 11 is 0. The Morgan fingerprint density at radius 3 is 2.57 bits per heavy atom. The Balaban J connectivity index is 1.11. The second-order valence-corrected chi connectivity index (χ2v) is 14.0. The second-order valence-electron chi connectivity index (χ2n) is 14.0. The zero-order chi connectivity index (χ0) is 32.6. The second kappa shape index (κ2) is 12.8. The van der Waals surface area contributed by atoms with Crippen molar-refractivity contribution in [2.24, 2.45) is 29.1 Å². The van der Waals surface area contributed by atoms with E-state index in [1.54, 1.807) is 6.07 Å². The van der Waals surface area contributed by atoms with E-state index in [0.717, 1.165) is 37.2 Å². The molecule has 244 valence electrons. The summed E-state index contributed by atoms with van der Waals surface area (Å²) in [6.45, 7) is 2.16. The summed E-state index contributed by atoms with van der Waals surface area (Å²) in [5.74, 6) is -1.38. The molecule has 2 aromatic rings. The van der Waals surface area contributed by atoms with Gasteiger partial charge in [0.15, 0.2) is 0 Å². The average molecular weight is 630 g/mol. The molecule has 1 aromatic heterocycles. The number of fused-ring (bicyclic) bond motifs is 1. The highest BCUT2D eigenvalue weighted by Gasteiger charge is 2.60. The summed E-state index contributed by atoms with van der Waals surface area (Å²) in [5, 5.41) is 10.9. The van der Waals surface area contributed by atoms with Crippen LogP contribution < -0.4 is 26.8 Å². The first-order valence-corrected chi connectivity index (χ1v) is 16.5. The minimum Gasteiger partial charge on any atom is -0.353 e. The molecule has 7 rings (SSSR count). The van der Waals surface area contributed by atoms with Gasteiger partial charge in [0.25, 0.3) is 11.5 Å². The Morgan fingerprint density at radius 1 is 1.02 bits per heavy atom. The van der Waals surface area contributed by atoms with Gasteiger partial charge in [0.05, 0.1) is 0 Å². The average Bonchev–Trinajstić information content (AvgIpc) is 3.39. The van der Waals surface area contributed by atoms with Crippen LogP contribution in [0.1, 0.15) is 63.0 Å². The van der Waals surface area contributed by atoms with Crippen molar-refractivity contribution in [1.82, 2.24) is 20.5 Å². The molecule has 4 amide bonds. The number of nitrogens with one attached hydrogen (secondary N) is 4. The highest BCUT2D eigenvalue weighted by molar-refractivity contribution is 6.36. The lowest BCUT2D eigenvalue weighted by molar-refractivity contribution is -0.138. The largest absolute Gasteiger partial charge is 0.353 e. The topological polar surface area (TPSA) is 155 Å². The number of ketones is 1. The lowest BCUT2D eigenvalue weighted by Crippen LogP contribution is -2.48. The summed E-state index contributed by atoms with van der Waals surface area (Å²) in [4.78, 5) is 77.4. The smallest absolute Gasteiger partial charge is 0.287 e. The SMILES string of the molecule is CNC(=O)C(=O)CCC(NC(=O)C1CCc2ccccc2C1)C(=O)Nc1cccn(CC(=O)NC2C3CC4CC2C(C)(C4)C3)c1=O. The number of Topliss-reactive ketones (excluding diaryl/α,β-unsaturated/α-hetero) is 1. The number of hydrogen-bond acceptors (Lipinski definition) is 6. The zero-order valence-electron chi connectivity index (χ0n) is 26.5. The zero-order valence-corrected chi connectivity index (χ0v) is 26.5. The third kappa shape index (κ3) is 6.37. The van der Waals surface area contributed by atoms with E-state index in [0.29, 0.717) is 30.1 Å². The van der Waals surface area contributed by atoms with Gasteiger partial charge in [-0.1, -0.05) is 31.2 Å². The maximum atomic E-state index is 13.5. The van der Waals surface area contributed by atoms with E-state index in [2.05, 4.69) is 28.2 Å². The van der Waals surface area contributed by atoms with Crippen molar-refractivity contribution >= 4 is 35.1 Å². The van der Waals surface area contributed by atoms with Gasteiger partial charge in [-0.3, -0.25) is 28.8 Å². The Hall–Kier alpha value is -4.28. The van der Waals surface area contributed by atoms with Gasteiger partial charge in [-0.05, 0) is 97.8 Å². The van der Waals surface area contributed by atoms with Crippen LogP contribution in [0.2, 0.25) is 0 Å². The Bertz CT molecular complexity index is 1620. The van der Waals surface area contributed by atoms with Crippen LogP contribution in [0.25, 0.3) is 0 Å². The molecule has 46 heavy (non-hydrogen) atoms. The number of carbonyl (C=O) groups is 5. The molecule has 11 nitrogen and oxygen atoms in total. The van der Waals surface area contributed by atoms with Crippen molar-refractivity contribution < 1.29 is 24.0 Å². The number of pyridine rings is 1. The number of hydrogen-bond donors (Lipinski definition) is 4.